The van der Waals surface area contributed by atoms with Gasteiger partial charge in [0.1, 0.15) is 13.2 Å². The molecular formula is C46H86N2O6P+. The van der Waals surface area contributed by atoms with Gasteiger partial charge in [0.05, 0.1) is 39.9 Å². The summed E-state index contributed by atoms with van der Waals surface area (Å²) in [6, 6.07) is -0.875. The second-order valence-electron chi connectivity index (χ2n) is 16.1. The molecule has 1 amide bonds. The minimum atomic E-state index is -4.35. The molecule has 0 bridgehead atoms. The number of nitrogens with one attached hydrogen (secondary N) is 1. The summed E-state index contributed by atoms with van der Waals surface area (Å²) in [5, 5.41) is 13.7. The first-order valence-electron chi connectivity index (χ1n) is 22.2. The number of nitrogens with zero attached hydrogens (tertiary/aromatic N) is 1. The molecule has 55 heavy (non-hydrogen) atoms. The highest BCUT2D eigenvalue weighted by atomic mass is 31.2. The number of hydrogen-bond acceptors (Lipinski definition) is 5. The van der Waals surface area contributed by atoms with Gasteiger partial charge in [-0.25, -0.2) is 4.57 Å². The Hall–Kier alpha value is -1.80. The summed E-state index contributed by atoms with van der Waals surface area (Å²) >= 11 is 0. The molecule has 0 aliphatic carbocycles. The van der Waals surface area contributed by atoms with Crippen LogP contribution in [0.5, 0.6) is 0 Å². The Morgan fingerprint density at radius 2 is 1.04 bits per heavy atom. The maximum atomic E-state index is 12.8. The lowest BCUT2D eigenvalue weighted by Gasteiger charge is -2.25. The van der Waals surface area contributed by atoms with E-state index in [1.807, 2.05) is 27.2 Å². The first-order valence-corrected chi connectivity index (χ1v) is 23.7. The Morgan fingerprint density at radius 3 is 1.51 bits per heavy atom. The maximum Gasteiger partial charge on any atom is 0.472 e. The highest BCUT2D eigenvalue weighted by Gasteiger charge is 2.27. The van der Waals surface area contributed by atoms with Crippen molar-refractivity contribution in [1.29, 1.82) is 0 Å². The zero-order chi connectivity index (χ0) is 40.7. The van der Waals surface area contributed by atoms with Crippen molar-refractivity contribution in [2.24, 2.45) is 0 Å². The molecule has 0 aromatic rings. The first-order chi connectivity index (χ1) is 26.5. The second-order valence-corrected chi connectivity index (χ2v) is 17.5. The molecule has 0 spiro atoms. The molecule has 0 aliphatic rings. The van der Waals surface area contributed by atoms with Gasteiger partial charge in [0.25, 0.3) is 0 Å². The van der Waals surface area contributed by atoms with Crippen molar-refractivity contribution in [3.8, 4) is 0 Å². The van der Waals surface area contributed by atoms with Crippen molar-refractivity contribution in [2.45, 2.75) is 187 Å². The van der Waals surface area contributed by atoms with Gasteiger partial charge in [-0.1, -0.05) is 171 Å². The molecule has 0 aromatic heterocycles. The number of carbonyl (C=O) groups is 1. The van der Waals surface area contributed by atoms with Crippen LogP contribution in [0.4, 0.5) is 0 Å². The fraction of sp³-hybridized carbons (Fsp3) is 0.761. The van der Waals surface area contributed by atoms with E-state index < -0.39 is 20.0 Å². The molecule has 3 N–H and O–H groups in total. The zero-order valence-electron chi connectivity index (χ0n) is 36.1. The second kappa shape index (κ2) is 37.8. The van der Waals surface area contributed by atoms with Crippen LogP contribution in [0.1, 0.15) is 174 Å². The average Bonchev–Trinajstić information content (AvgIpc) is 3.13. The Balaban J connectivity index is 4.51. The number of carbonyl (C=O) groups excluding carboxylic acids is 1. The molecule has 0 saturated carbocycles. The van der Waals surface area contributed by atoms with Gasteiger partial charge >= 0.3 is 7.82 Å². The minimum Gasteiger partial charge on any atom is -0.387 e. The number of rotatable bonds is 39. The van der Waals surface area contributed by atoms with Gasteiger partial charge in [-0.15, -0.1) is 0 Å². The van der Waals surface area contributed by atoms with Gasteiger partial charge in [-0.3, -0.25) is 13.8 Å². The fourth-order valence-electron chi connectivity index (χ4n) is 5.91. The van der Waals surface area contributed by atoms with Crippen molar-refractivity contribution in [3.63, 3.8) is 0 Å². The maximum absolute atomic E-state index is 12.8. The van der Waals surface area contributed by atoms with E-state index in [1.165, 1.54) is 103 Å². The first kappa shape index (κ1) is 53.2. The monoisotopic (exact) mass is 794 g/mol. The third-order valence-electron chi connectivity index (χ3n) is 9.48. The smallest absolute Gasteiger partial charge is 0.387 e. The van der Waals surface area contributed by atoms with Crippen LogP contribution in [0, 0.1) is 0 Å². The predicted octanol–water partition coefficient (Wildman–Crippen LogP) is 12.2. The van der Waals surface area contributed by atoms with Crippen LogP contribution in [0.25, 0.3) is 0 Å². The molecule has 9 heteroatoms. The molecule has 0 radical (unpaired) electrons. The number of aliphatic hydroxyl groups is 1. The third kappa shape index (κ3) is 40.2. The summed E-state index contributed by atoms with van der Waals surface area (Å²) in [4.78, 5) is 23.1. The van der Waals surface area contributed by atoms with Crippen LogP contribution in [0.15, 0.2) is 60.8 Å². The number of allylic oxidation sites excluding steroid dienone is 9. The van der Waals surface area contributed by atoms with Crippen LogP contribution < -0.4 is 5.32 Å². The quantitative estimate of drug-likeness (QED) is 0.0248. The summed E-state index contributed by atoms with van der Waals surface area (Å²) in [5.74, 6) is -0.234. The number of phosphoric ester groups is 1. The fourth-order valence-corrected chi connectivity index (χ4v) is 6.65. The summed E-state index contributed by atoms with van der Waals surface area (Å²) < 4.78 is 23.5. The number of amides is 1. The Bertz CT molecular complexity index is 1080. The van der Waals surface area contributed by atoms with Crippen LogP contribution in [0.3, 0.4) is 0 Å². The topological polar surface area (TPSA) is 105 Å². The molecule has 0 heterocycles. The normalized spacial score (nSPS) is 15.0. The number of aliphatic hydroxyl groups excluding tert-OH is 1. The average molecular weight is 794 g/mol. The third-order valence-corrected chi connectivity index (χ3v) is 10.5. The zero-order valence-corrected chi connectivity index (χ0v) is 37.0. The molecule has 0 fully saturated rings. The molecule has 1 unspecified atom stereocenters. The molecule has 3 atom stereocenters. The van der Waals surface area contributed by atoms with Crippen LogP contribution in [-0.2, 0) is 18.4 Å². The standard InChI is InChI=1S/C46H85N2O6P/c1-6-8-10-12-14-16-18-20-21-22-23-24-25-26-27-28-30-32-34-36-38-40-46(50)47-44(43-54-55(51,52)53-42-41-48(3,4)5)45(49)39-37-35-33-31-29-19-17-15-13-11-9-7-2/h21-22,24-25,27-28,32,34,37,39,44-45,49H,6-20,23,26,29-31,33,35-36,38,40-43H2,1-5H3,(H-,47,50,51,52)/p+1/b22-21+,25-24+,28-27+,34-32+,39-37+/t44-,45+/m0/s1. The van der Waals surface area contributed by atoms with Crippen LogP contribution >= 0.6 is 7.82 Å². The van der Waals surface area contributed by atoms with E-state index in [-0.39, 0.29) is 25.5 Å². The summed E-state index contributed by atoms with van der Waals surface area (Å²) in [5.41, 5.74) is 0. The van der Waals surface area contributed by atoms with Gasteiger partial charge in [0.2, 0.25) is 5.91 Å². The molecule has 0 rings (SSSR count). The Labute approximate surface area is 339 Å². The molecule has 0 saturated heterocycles. The highest BCUT2D eigenvalue weighted by molar-refractivity contribution is 7.47. The van der Waals surface area contributed by atoms with Crippen molar-refractivity contribution in [1.82, 2.24) is 5.32 Å². The van der Waals surface area contributed by atoms with Crippen molar-refractivity contribution < 1.29 is 32.9 Å². The number of quaternary nitrogens is 1. The summed E-state index contributed by atoms with van der Waals surface area (Å²) in [6.07, 6.45) is 48.7. The van der Waals surface area contributed by atoms with E-state index >= 15 is 0 Å². The van der Waals surface area contributed by atoms with Gasteiger partial charge < -0.3 is 19.8 Å². The lowest BCUT2D eigenvalue weighted by atomic mass is 10.1. The van der Waals surface area contributed by atoms with E-state index in [9.17, 15) is 19.4 Å². The van der Waals surface area contributed by atoms with Gasteiger partial charge in [0.15, 0.2) is 0 Å². The lowest BCUT2D eigenvalue weighted by molar-refractivity contribution is -0.870. The predicted molar refractivity (Wildman–Crippen MR) is 235 cm³/mol. The molecular weight excluding hydrogens is 707 g/mol. The van der Waals surface area contributed by atoms with Gasteiger partial charge in [-0.05, 0) is 57.8 Å². The Kier molecular flexibility index (Phi) is 36.5. The van der Waals surface area contributed by atoms with Crippen molar-refractivity contribution in [2.75, 3.05) is 40.9 Å². The largest absolute Gasteiger partial charge is 0.472 e. The summed E-state index contributed by atoms with van der Waals surface area (Å²) in [6.45, 7) is 4.74. The molecule has 320 valence electrons. The van der Waals surface area contributed by atoms with Crippen molar-refractivity contribution in [3.05, 3.63) is 60.8 Å². The van der Waals surface area contributed by atoms with Gasteiger partial charge in [-0.2, -0.15) is 0 Å². The van der Waals surface area contributed by atoms with Crippen LogP contribution in [0.2, 0.25) is 0 Å². The van der Waals surface area contributed by atoms with Crippen LogP contribution in [-0.4, -0.2) is 73.4 Å². The number of unbranched alkanes of at least 4 members (excludes halogenated alkanes) is 18. The van der Waals surface area contributed by atoms with Crippen molar-refractivity contribution >= 4 is 13.7 Å². The summed E-state index contributed by atoms with van der Waals surface area (Å²) in [7, 11) is 1.53. The lowest BCUT2D eigenvalue weighted by Crippen LogP contribution is -2.45. The van der Waals surface area contributed by atoms with E-state index in [2.05, 4.69) is 67.8 Å². The minimum absolute atomic E-state index is 0.0489. The number of phosphoric acid groups is 1. The van der Waals surface area contributed by atoms with E-state index in [4.69, 9.17) is 9.05 Å². The van der Waals surface area contributed by atoms with E-state index in [1.54, 1.807) is 6.08 Å². The van der Waals surface area contributed by atoms with E-state index in [0.29, 0.717) is 17.4 Å². The SMILES string of the molecule is CCCCCCCCC/C=C/C/C=C/C/C=C/C/C=C/CCCC(=O)N[C@@H](COP(=O)(O)OCC[N+](C)(C)C)[C@H](O)/C=C/CCCCCCCCCCCC. The molecule has 0 aromatic carbocycles. The molecule has 8 nitrogen and oxygen atoms in total. The molecule has 0 aliphatic heterocycles. The van der Waals surface area contributed by atoms with Gasteiger partial charge in [0, 0.05) is 6.42 Å². The highest BCUT2D eigenvalue weighted by Crippen LogP contribution is 2.43. The number of likely N-dealkylation sites (N-methyl/N-ethyl adjacent to an activating group) is 1. The number of hydrogen-bond donors (Lipinski definition) is 3. The van der Waals surface area contributed by atoms with E-state index in [0.717, 1.165) is 44.9 Å². The Morgan fingerprint density at radius 1 is 0.618 bits per heavy atom.